The third-order valence-electron chi connectivity index (χ3n) is 7.37. The van der Waals surface area contributed by atoms with E-state index in [1.165, 1.54) is 20.3 Å². The number of fused-ring (bicyclic) bond motifs is 1. The van der Waals surface area contributed by atoms with Crippen LogP contribution in [0.3, 0.4) is 0 Å². The molecule has 0 bridgehead atoms. The fourth-order valence-corrected chi connectivity index (χ4v) is 5.13. The average Bonchev–Trinajstić information content (AvgIpc) is 3.53. The fraction of sp³-hybridized carbons (Fsp3) is 0.222. The predicted octanol–water partition coefficient (Wildman–Crippen LogP) is 6.88. The highest BCUT2D eigenvalue weighted by atomic mass is 16.7. The lowest BCUT2D eigenvalue weighted by molar-refractivity contribution is -0.132. The van der Waals surface area contributed by atoms with E-state index in [1.807, 2.05) is 25.1 Å². The van der Waals surface area contributed by atoms with Gasteiger partial charge < -0.3 is 38.6 Å². The second kappa shape index (κ2) is 14.4. The van der Waals surface area contributed by atoms with Gasteiger partial charge in [0.2, 0.25) is 6.79 Å². The highest BCUT2D eigenvalue weighted by Gasteiger charge is 2.22. The summed E-state index contributed by atoms with van der Waals surface area (Å²) in [7, 11) is 3.05. The zero-order chi connectivity index (χ0) is 32.6. The van der Waals surface area contributed by atoms with Gasteiger partial charge in [-0.05, 0) is 48.4 Å². The SMILES string of the molecule is CCCOc1cccc(C=C(Cc2cc3c(cc2OC)OCO3)C(=O)O)c1-c1ccc(OC)cc1OCc1ccccc1C(=O)O. The molecule has 10 heteroatoms. The minimum atomic E-state index is -1.11. The van der Waals surface area contributed by atoms with Gasteiger partial charge in [-0.1, -0.05) is 37.3 Å². The van der Waals surface area contributed by atoms with E-state index in [2.05, 4.69) is 0 Å². The minimum absolute atomic E-state index is 0.0317. The Kier molecular flexibility index (Phi) is 9.97. The summed E-state index contributed by atoms with van der Waals surface area (Å²) >= 11 is 0. The van der Waals surface area contributed by atoms with E-state index in [4.69, 9.17) is 28.4 Å². The molecule has 0 aromatic heterocycles. The van der Waals surface area contributed by atoms with E-state index < -0.39 is 11.9 Å². The van der Waals surface area contributed by atoms with Gasteiger partial charge in [0.25, 0.3) is 0 Å². The van der Waals surface area contributed by atoms with Gasteiger partial charge >= 0.3 is 11.9 Å². The van der Waals surface area contributed by atoms with Gasteiger partial charge in [-0.2, -0.15) is 0 Å². The quantitative estimate of drug-likeness (QED) is 0.143. The second-order valence-electron chi connectivity index (χ2n) is 10.4. The number of carbonyl (C=O) groups is 2. The third kappa shape index (κ3) is 7.02. The summed E-state index contributed by atoms with van der Waals surface area (Å²) in [4.78, 5) is 24.5. The van der Waals surface area contributed by atoms with E-state index in [0.29, 0.717) is 68.9 Å². The van der Waals surface area contributed by atoms with Crippen LogP contribution in [0.5, 0.6) is 34.5 Å². The van der Waals surface area contributed by atoms with E-state index >= 15 is 0 Å². The largest absolute Gasteiger partial charge is 0.497 e. The van der Waals surface area contributed by atoms with Crippen molar-refractivity contribution in [3.63, 3.8) is 0 Å². The molecule has 0 unspecified atom stereocenters. The zero-order valence-corrected chi connectivity index (χ0v) is 25.7. The van der Waals surface area contributed by atoms with Crippen molar-refractivity contribution in [2.24, 2.45) is 0 Å². The van der Waals surface area contributed by atoms with Crippen molar-refractivity contribution >= 4 is 18.0 Å². The maximum absolute atomic E-state index is 12.7. The molecule has 238 valence electrons. The summed E-state index contributed by atoms with van der Waals surface area (Å²) < 4.78 is 34.4. The van der Waals surface area contributed by atoms with Crippen LogP contribution in [0, 0.1) is 0 Å². The van der Waals surface area contributed by atoms with Gasteiger partial charge in [-0.3, -0.25) is 0 Å². The number of ether oxygens (including phenoxy) is 6. The van der Waals surface area contributed by atoms with Crippen LogP contribution in [0.4, 0.5) is 0 Å². The molecule has 0 spiro atoms. The van der Waals surface area contributed by atoms with Crippen LogP contribution in [0.25, 0.3) is 17.2 Å². The van der Waals surface area contributed by atoms with Crippen LogP contribution in [0.2, 0.25) is 0 Å². The van der Waals surface area contributed by atoms with Gasteiger partial charge in [0, 0.05) is 46.4 Å². The molecule has 0 amide bonds. The fourth-order valence-electron chi connectivity index (χ4n) is 5.13. The Bertz CT molecular complexity index is 1780. The number of rotatable bonds is 14. The van der Waals surface area contributed by atoms with Crippen molar-refractivity contribution < 1.29 is 48.2 Å². The smallest absolute Gasteiger partial charge is 0.336 e. The topological polar surface area (TPSA) is 130 Å². The first-order valence-corrected chi connectivity index (χ1v) is 14.6. The van der Waals surface area contributed by atoms with Crippen LogP contribution >= 0.6 is 0 Å². The van der Waals surface area contributed by atoms with Crippen LogP contribution in [0.15, 0.2) is 78.4 Å². The van der Waals surface area contributed by atoms with E-state index in [1.54, 1.807) is 54.6 Å². The molecule has 0 saturated carbocycles. The molecular weight excluding hydrogens is 592 g/mol. The van der Waals surface area contributed by atoms with Gasteiger partial charge in [0.1, 0.15) is 29.6 Å². The Morgan fingerprint density at radius 1 is 0.826 bits per heavy atom. The third-order valence-corrected chi connectivity index (χ3v) is 7.37. The van der Waals surface area contributed by atoms with Crippen molar-refractivity contribution in [1.82, 2.24) is 0 Å². The molecule has 46 heavy (non-hydrogen) atoms. The van der Waals surface area contributed by atoms with E-state index in [0.717, 1.165) is 6.42 Å². The zero-order valence-electron chi connectivity index (χ0n) is 25.7. The number of hydrogen-bond acceptors (Lipinski definition) is 8. The Balaban J connectivity index is 1.61. The molecule has 1 aliphatic rings. The van der Waals surface area contributed by atoms with Crippen molar-refractivity contribution in [3.05, 3.63) is 101 Å². The maximum atomic E-state index is 12.7. The summed E-state index contributed by atoms with van der Waals surface area (Å²) in [6.45, 7) is 2.47. The van der Waals surface area contributed by atoms with E-state index in [9.17, 15) is 19.8 Å². The summed E-state index contributed by atoms with van der Waals surface area (Å²) in [6.07, 6.45) is 2.39. The number of methoxy groups -OCH3 is 2. The monoisotopic (exact) mass is 626 g/mol. The first-order chi connectivity index (χ1) is 22.3. The molecule has 0 atom stereocenters. The van der Waals surface area contributed by atoms with Crippen LogP contribution in [-0.4, -0.2) is 49.8 Å². The number of aliphatic carboxylic acids is 1. The number of aromatic carboxylic acids is 1. The summed E-state index contributed by atoms with van der Waals surface area (Å²) in [5.41, 5.74) is 3.13. The molecule has 10 nitrogen and oxygen atoms in total. The molecule has 1 aliphatic heterocycles. The van der Waals surface area contributed by atoms with Gasteiger partial charge in [0.05, 0.1) is 26.4 Å². The molecule has 0 fully saturated rings. The first kappa shape index (κ1) is 31.8. The van der Waals surface area contributed by atoms with Crippen molar-refractivity contribution in [1.29, 1.82) is 0 Å². The molecule has 4 aromatic rings. The number of hydrogen-bond donors (Lipinski definition) is 2. The Hall–Kier alpha value is -5.64. The normalized spacial score (nSPS) is 12.0. The lowest BCUT2D eigenvalue weighted by Crippen LogP contribution is -2.07. The van der Waals surface area contributed by atoms with Crippen molar-refractivity contribution in [3.8, 4) is 45.6 Å². The van der Waals surface area contributed by atoms with Crippen molar-refractivity contribution in [2.75, 3.05) is 27.6 Å². The summed E-state index contributed by atoms with van der Waals surface area (Å²) in [6, 6.07) is 20.7. The Morgan fingerprint density at radius 2 is 1.61 bits per heavy atom. The van der Waals surface area contributed by atoms with Gasteiger partial charge in [0.15, 0.2) is 11.5 Å². The lowest BCUT2D eigenvalue weighted by atomic mass is 9.94. The summed E-state index contributed by atoms with van der Waals surface area (Å²) in [5.74, 6) is 0.805. The average molecular weight is 627 g/mol. The molecule has 5 rings (SSSR count). The first-order valence-electron chi connectivity index (χ1n) is 14.6. The second-order valence-corrected chi connectivity index (χ2v) is 10.4. The summed E-state index contributed by atoms with van der Waals surface area (Å²) in [5, 5.41) is 20.0. The molecule has 2 N–H and O–H groups in total. The molecular formula is C36H34O10. The molecule has 0 aliphatic carbocycles. The van der Waals surface area contributed by atoms with Gasteiger partial charge in [-0.25, -0.2) is 9.59 Å². The number of benzene rings is 4. The van der Waals surface area contributed by atoms with Gasteiger partial charge in [-0.15, -0.1) is 0 Å². The van der Waals surface area contributed by atoms with Crippen LogP contribution < -0.4 is 28.4 Å². The lowest BCUT2D eigenvalue weighted by Gasteiger charge is -2.19. The van der Waals surface area contributed by atoms with Crippen molar-refractivity contribution in [2.45, 2.75) is 26.4 Å². The minimum Gasteiger partial charge on any atom is -0.497 e. The standard InChI is InChI=1S/C36H34O10/c1-4-14-43-29-11-7-9-22(15-25(35(37)38)16-24-17-32-33(46-21-45-32)19-30(24)42-3)34(29)28-13-12-26(41-2)18-31(28)44-20-23-8-5-6-10-27(23)36(39)40/h5-13,15,17-19H,4,14,16,20-21H2,1-3H3,(H,37,38)(H,39,40). The highest BCUT2D eigenvalue weighted by Crippen LogP contribution is 2.43. The Morgan fingerprint density at radius 3 is 2.33 bits per heavy atom. The predicted molar refractivity (Wildman–Crippen MR) is 170 cm³/mol. The molecule has 0 radical (unpaired) electrons. The van der Waals surface area contributed by atoms with Crippen LogP contribution in [-0.2, 0) is 17.8 Å². The number of carboxylic acid groups (broad SMARTS) is 2. The Labute approximate surface area is 266 Å². The highest BCUT2D eigenvalue weighted by molar-refractivity contribution is 5.96. The molecule has 1 heterocycles. The molecule has 0 saturated heterocycles. The van der Waals surface area contributed by atoms with E-state index in [-0.39, 0.29) is 31.0 Å². The molecule has 4 aromatic carbocycles. The van der Waals surface area contributed by atoms with Crippen LogP contribution in [0.1, 0.15) is 40.4 Å². The maximum Gasteiger partial charge on any atom is 0.336 e. The number of carboxylic acids is 2.